The maximum atomic E-state index is 13.1. The second-order valence-electron chi connectivity index (χ2n) is 6.16. The average molecular weight is 331 g/mol. The third-order valence-corrected chi connectivity index (χ3v) is 5.14. The highest BCUT2D eigenvalue weighted by molar-refractivity contribution is 6.04. The normalized spacial score (nSPS) is 30.7. The van der Waals surface area contributed by atoms with Gasteiger partial charge in [-0.2, -0.15) is 26.3 Å². The van der Waals surface area contributed by atoms with E-state index < -0.39 is 53.8 Å². The number of hydrogen-bond donors (Lipinski definition) is 0. The number of carbonyl (C=O) groups excluding carboxylic acids is 2. The summed E-state index contributed by atoms with van der Waals surface area (Å²) in [5.41, 5.74) is -3.88. The standard InChI is InChI=1S/C13H15F6NO2/c1-11(12(14,15)16,13(17,18)19)6-3-4-7-8(5-6)10(22)20(2)9(7)21/h6-8H,3-5H2,1-2H3. The molecule has 3 nitrogen and oxygen atoms in total. The van der Waals surface area contributed by atoms with Gasteiger partial charge in [-0.1, -0.05) is 0 Å². The van der Waals surface area contributed by atoms with Crippen LogP contribution in [0, 0.1) is 23.2 Å². The van der Waals surface area contributed by atoms with E-state index in [-0.39, 0.29) is 19.8 Å². The van der Waals surface area contributed by atoms with E-state index in [2.05, 4.69) is 0 Å². The molecule has 3 unspecified atom stereocenters. The Kier molecular flexibility index (Phi) is 3.77. The molecule has 22 heavy (non-hydrogen) atoms. The minimum atomic E-state index is -5.47. The Balaban J connectivity index is 2.35. The van der Waals surface area contributed by atoms with Gasteiger partial charge in [-0.25, -0.2) is 0 Å². The number of fused-ring (bicyclic) bond motifs is 1. The van der Waals surface area contributed by atoms with Crippen LogP contribution in [-0.2, 0) is 9.59 Å². The second kappa shape index (κ2) is 4.86. The molecule has 1 aliphatic carbocycles. The highest BCUT2D eigenvalue weighted by Gasteiger charge is 2.71. The molecule has 2 fully saturated rings. The van der Waals surface area contributed by atoms with Crippen LogP contribution in [0.25, 0.3) is 0 Å². The van der Waals surface area contributed by atoms with Crippen LogP contribution in [0.2, 0.25) is 0 Å². The predicted octanol–water partition coefficient (Wildman–Crippen LogP) is 3.15. The Bertz CT molecular complexity index is 484. The van der Waals surface area contributed by atoms with Gasteiger partial charge in [0, 0.05) is 7.05 Å². The topological polar surface area (TPSA) is 37.4 Å². The molecule has 0 bridgehead atoms. The number of likely N-dealkylation sites (tertiary alicyclic amines) is 1. The van der Waals surface area contributed by atoms with Gasteiger partial charge in [0.25, 0.3) is 0 Å². The zero-order valence-electron chi connectivity index (χ0n) is 11.9. The van der Waals surface area contributed by atoms with Crippen LogP contribution >= 0.6 is 0 Å². The van der Waals surface area contributed by atoms with Crippen LogP contribution in [0.4, 0.5) is 26.3 Å². The van der Waals surface area contributed by atoms with Crippen LogP contribution in [0.15, 0.2) is 0 Å². The summed E-state index contributed by atoms with van der Waals surface area (Å²) >= 11 is 0. The predicted molar refractivity (Wildman–Crippen MR) is 62.3 cm³/mol. The minimum Gasteiger partial charge on any atom is -0.285 e. The van der Waals surface area contributed by atoms with Crippen molar-refractivity contribution in [2.45, 2.75) is 38.5 Å². The average Bonchev–Trinajstić information content (AvgIpc) is 2.60. The molecule has 1 heterocycles. The Labute approximate surface area is 122 Å². The van der Waals surface area contributed by atoms with Crippen LogP contribution in [-0.4, -0.2) is 36.1 Å². The summed E-state index contributed by atoms with van der Waals surface area (Å²) in [5.74, 6) is -4.85. The number of halogens is 6. The molecule has 9 heteroatoms. The summed E-state index contributed by atoms with van der Waals surface area (Å²) in [5, 5.41) is 0. The largest absolute Gasteiger partial charge is 0.403 e. The second-order valence-corrected chi connectivity index (χ2v) is 6.16. The SMILES string of the molecule is CN1C(=O)C2CCC(C(C)(C(F)(F)F)C(F)(F)F)CC2C1=O. The molecule has 0 N–H and O–H groups in total. The van der Waals surface area contributed by atoms with Gasteiger partial charge >= 0.3 is 12.4 Å². The zero-order valence-corrected chi connectivity index (χ0v) is 11.9. The first-order valence-corrected chi connectivity index (χ1v) is 6.77. The van der Waals surface area contributed by atoms with Gasteiger partial charge in [0.2, 0.25) is 11.8 Å². The van der Waals surface area contributed by atoms with Gasteiger partial charge in [0.1, 0.15) is 0 Å². The molecule has 0 aromatic carbocycles. The van der Waals surface area contributed by atoms with Crippen LogP contribution in [0.1, 0.15) is 26.2 Å². The van der Waals surface area contributed by atoms with Crippen molar-refractivity contribution in [1.29, 1.82) is 0 Å². The molecule has 126 valence electrons. The van der Waals surface area contributed by atoms with Crippen molar-refractivity contribution >= 4 is 11.8 Å². The first-order valence-electron chi connectivity index (χ1n) is 6.77. The van der Waals surface area contributed by atoms with E-state index in [4.69, 9.17) is 0 Å². The van der Waals surface area contributed by atoms with Crippen LogP contribution in [0.3, 0.4) is 0 Å². The van der Waals surface area contributed by atoms with Gasteiger partial charge in [0.15, 0.2) is 5.41 Å². The molecular formula is C13H15F6NO2. The quantitative estimate of drug-likeness (QED) is 0.547. The van der Waals surface area contributed by atoms with Crippen LogP contribution in [0.5, 0.6) is 0 Å². The summed E-state index contributed by atoms with van der Waals surface area (Å²) in [6.07, 6.45) is -12.0. The zero-order chi connectivity index (χ0) is 17.1. The molecule has 1 aliphatic heterocycles. The number of hydrogen-bond acceptors (Lipinski definition) is 2. The third-order valence-electron chi connectivity index (χ3n) is 5.14. The fourth-order valence-corrected chi connectivity index (χ4v) is 3.49. The Morgan fingerprint density at radius 2 is 1.36 bits per heavy atom. The Hall–Kier alpha value is -1.28. The highest BCUT2D eigenvalue weighted by atomic mass is 19.4. The van der Waals surface area contributed by atoms with E-state index in [0.29, 0.717) is 0 Å². The van der Waals surface area contributed by atoms with Crippen molar-refractivity contribution < 1.29 is 35.9 Å². The fourth-order valence-electron chi connectivity index (χ4n) is 3.49. The van der Waals surface area contributed by atoms with E-state index in [1.54, 1.807) is 0 Å². The molecule has 0 radical (unpaired) electrons. The van der Waals surface area contributed by atoms with Crippen molar-refractivity contribution in [1.82, 2.24) is 4.90 Å². The summed E-state index contributed by atoms with van der Waals surface area (Å²) in [4.78, 5) is 24.4. The van der Waals surface area contributed by atoms with Crippen molar-refractivity contribution in [3.8, 4) is 0 Å². The molecule has 3 atom stereocenters. The smallest absolute Gasteiger partial charge is 0.285 e. The van der Waals surface area contributed by atoms with E-state index in [0.717, 1.165) is 4.90 Å². The molecule has 2 rings (SSSR count). The summed E-state index contributed by atoms with van der Waals surface area (Å²) in [6, 6.07) is 0. The lowest BCUT2D eigenvalue weighted by molar-refractivity contribution is -0.355. The van der Waals surface area contributed by atoms with E-state index >= 15 is 0 Å². The highest BCUT2D eigenvalue weighted by Crippen LogP contribution is 2.59. The number of nitrogens with zero attached hydrogens (tertiary/aromatic N) is 1. The molecule has 2 amide bonds. The third kappa shape index (κ3) is 2.20. The summed E-state index contributed by atoms with van der Waals surface area (Å²) < 4.78 is 78.6. The molecule has 0 spiro atoms. The minimum absolute atomic E-state index is 0.133. The van der Waals surface area contributed by atoms with Crippen molar-refractivity contribution in [2.75, 3.05) is 7.05 Å². The molecular weight excluding hydrogens is 316 g/mol. The number of alkyl halides is 6. The summed E-state index contributed by atoms with van der Waals surface area (Å²) in [6.45, 7) is 0.142. The molecule has 1 saturated carbocycles. The number of imide groups is 1. The maximum absolute atomic E-state index is 13.1. The monoisotopic (exact) mass is 331 g/mol. The molecule has 2 aliphatic rings. The summed E-state index contributed by atoms with van der Waals surface area (Å²) in [7, 11) is 1.20. The fraction of sp³-hybridized carbons (Fsp3) is 0.846. The van der Waals surface area contributed by atoms with Crippen molar-refractivity contribution in [3.63, 3.8) is 0 Å². The van der Waals surface area contributed by atoms with Crippen molar-refractivity contribution in [2.24, 2.45) is 23.2 Å². The first kappa shape index (κ1) is 17.1. The van der Waals surface area contributed by atoms with E-state index in [1.807, 2.05) is 0 Å². The number of carbonyl (C=O) groups is 2. The number of amides is 2. The molecule has 0 aromatic heterocycles. The van der Waals surface area contributed by atoms with E-state index in [1.165, 1.54) is 7.05 Å². The molecule has 0 aromatic rings. The Morgan fingerprint density at radius 3 is 1.82 bits per heavy atom. The lowest BCUT2D eigenvalue weighted by atomic mass is 9.64. The van der Waals surface area contributed by atoms with Gasteiger partial charge < -0.3 is 0 Å². The molecule has 1 saturated heterocycles. The van der Waals surface area contributed by atoms with E-state index in [9.17, 15) is 35.9 Å². The van der Waals surface area contributed by atoms with Crippen molar-refractivity contribution in [3.05, 3.63) is 0 Å². The Morgan fingerprint density at radius 1 is 0.909 bits per heavy atom. The lowest BCUT2D eigenvalue weighted by Crippen LogP contribution is -2.54. The van der Waals surface area contributed by atoms with Gasteiger partial charge in [0.05, 0.1) is 11.8 Å². The lowest BCUT2D eigenvalue weighted by Gasteiger charge is -2.43. The van der Waals surface area contributed by atoms with Crippen LogP contribution < -0.4 is 0 Å². The number of rotatable bonds is 1. The maximum Gasteiger partial charge on any atom is 0.403 e. The van der Waals surface area contributed by atoms with Gasteiger partial charge in [-0.3, -0.25) is 14.5 Å². The van der Waals surface area contributed by atoms with Gasteiger partial charge in [-0.05, 0) is 32.1 Å². The van der Waals surface area contributed by atoms with Gasteiger partial charge in [-0.15, -0.1) is 0 Å². The first-order chi connectivity index (χ1) is 9.82.